The Labute approximate surface area is 196 Å². The minimum absolute atomic E-state index is 0.0185. The second-order valence-electron chi connectivity index (χ2n) is 8.18. The number of anilines is 1. The van der Waals surface area contributed by atoms with E-state index < -0.39 is 10.0 Å². The molecule has 0 heterocycles. The monoisotopic (exact) mass is 466 g/mol. The SMILES string of the molecule is Cc1ccc(C)c(NS(=O)(=O)c2ccc(OCC(=O)N[C@@H](C)CCc3ccccc3)cc2)c1. The highest BCUT2D eigenvalue weighted by Crippen LogP contribution is 2.22. The number of aryl methyl sites for hydroxylation is 3. The summed E-state index contributed by atoms with van der Waals surface area (Å²) in [5, 5.41) is 2.92. The van der Waals surface area contributed by atoms with E-state index in [4.69, 9.17) is 4.74 Å². The number of carbonyl (C=O) groups is 1. The first-order chi connectivity index (χ1) is 15.7. The first kappa shape index (κ1) is 24.3. The Balaban J connectivity index is 1.49. The molecule has 0 bridgehead atoms. The molecule has 0 aliphatic carbocycles. The second-order valence-corrected chi connectivity index (χ2v) is 9.86. The van der Waals surface area contributed by atoms with Crippen LogP contribution in [0.5, 0.6) is 5.75 Å². The molecule has 1 amide bonds. The number of ether oxygens (including phenoxy) is 1. The molecule has 3 aromatic rings. The van der Waals surface area contributed by atoms with Crippen molar-refractivity contribution in [2.75, 3.05) is 11.3 Å². The maximum absolute atomic E-state index is 12.7. The molecule has 0 spiro atoms. The van der Waals surface area contributed by atoms with Crippen molar-refractivity contribution in [3.8, 4) is 5.75 Å². The second kappa shape index (κ2) is 11.0. The van der Waals surface area contributed by atoms with E-state index in [9.17, 15) is 13.2 Å². The van der Waals surface area contributed by atoms with E-state index in [-0.39, 0.29) is 23.5 Å². The first-order valence-corrected chi connectivity index (χ1v) is 12.4. The van der Waals surface area contributed by atoms with Crippen LogP contribution in [0, 0.1) is 13.8 Å². The minimum atomic E-state index is -3.73. The molecule has 3 aromatic carbocycles. The van der Waals surface area contributed by atoms with Crippen LogP contribution in [-0.2, 0) is 21.2 Å². The molecule has 0 saturated heterocycles. The summed E-state index contributed by atoms with van der Waals surface area (Å²) in [6.07, 6.45) is 1.71. The van der Waals surface area contributed by atoms with E-state index in [1.165, 1.54) is 17.7 Å². The molecule has 7 heteroatoms. The summed E-state index contributed by atoms with van der Waals surface area (Å²) in [6.45, 7) is 5.58. The van der Waals surface area contributed by atoms with Gasteiger partial charge in [0.05, 0.1) is 10.6 Å². The van der Waals surface area contributed by atoms with Crippen LogP contribution in [0.3, 0.4) is 0 Å². The molecule has 0 aromatic heterocycles. The van der Waals surface area contributed by atoms with Gasteiger partial charge in [-0.15, -0.1) is 0 Å². The van der Waals surface area contributed by atoms with E-state index in [0.29, 0.717) is 11.4 Å². The summed E-state index contributed by atoms with van der Waals surface area (Å²) in [5.41, 5.74) is 3.59. The van der Waals surface area contributed by atoms with Gasteiger partial charge in [0.2, 0.25) is 0 Å². The van der Waals surface area contributed by atoms with Crippen LogP contribution in [0.2, 0.25) is 0 Å². The van der Waals surface area contributed by atoms with Gasteiger partial charge in [-0.3, -0.25) is 9.52 Å². The van der Waals surface area contributed by atoms with Gasteiger partial charge in [0.15, 0.2) is 6.61 Å². The average Bonchev–Trinajstić information content (AvgIpc) is 2.79. The normalized spacial score (nSPS) is 12.1. The summed E-state index contributed by atoms with van der Waals surface area (Å²) in [5.74, 6) is 0.205. The number of benzene rings is 3. The van der Waals surface area contributed by atoms with Gasteiger partial charge >= 0.3 is 0 Å². The van der Waals surface area contributed by atoms with Gasteiger partial charge in [-0.2, -0.15) is 0 Å². The van der Waals surface area contributed by atoms with Gasteiger partial charge in [0, 0.05) is 6.04 Å². The number of hydrogen-bond acceptors (Lipinski definition) is 4. The lowest BCUT2D eigenvalue weighted by Gasteiger charge is -2.15. The van der Waals surface area contributed by atoms with Crippen molar-refractivity contribution in [2.45, 2.75) is 44.6 Å². The van der Waals surface area contributed by atoms with Crippen molar-refractivity contribution >= 4 is 21.6 Å². The van der Waals surface area contributed by atoms with Gasteiger partial charge < -0.3 is 10.1 Å². The highest BCUT2D eigenvalue weighted by molar-refractivity contribution is 7.92. The lowest BCUT2D eigenvalue weighted by molar-refractivity contribution is -0.123. The van der Waals surface area contributed by atoms with Crippen molar-refractivity contribution in [3.05, 3.63) is 89.5 Å². The third kappa shape index (κ3) is 7.36. The Morgan fingerprint density at radius 3 is 2.36 bits per heavy atom. The standard InChI is InChI=1S/C26H30N2O4S/c1-19-9-10-20(2)25(17-19)28-33(30,31)24-15-13-23(14-16-24)32-18-26(29)27-21(3)11-12-22-7-5-4-6-8-22/h4-10,13-17,21,28H,11-12,18H2,1-3H3,(H,27,29)/t21-/m0/s1. The number of nitrogens with one attached hydrogen (secondary N) is 2. The number of amides is 1. The van der Waals surface area contributed by atoms with Crippen LogP contribution in [-0.4, -0.2) is 27.0 Å². The van der Waals surface area contributed by atoms with E-state index in [1.54, 1.807) is 18.2 Å². The van der Waals surface area contributed by atoms with Crippen LogP contribution in [0.1, 0.15) is 30.0 Å². The topological polar surface area (TPSA) is 84.5 Å². The van der Waals surface area contributed by atoms with Gasteiger partial charge in [-0.05, 0) is 80.6 Å². The largest absolute Gasteiger partial charge is 0.484 e. The molecule has 0 unspecified atom stereocenters. The molecular formula is C26H30N2O4S. The summed E-state index contributed by atoms with van der Waals surface area (Å²) in [7, 11) is -3.73. The van der Waals surface area contributed by atoms with Crippen LogP contribution >= 0.6 is 0 Å². The lowest BCUT2D eigenvalue weighted by Crippen LogP contribution is -2.36. The highest BCUT2D eigenvalue weighted by atomic mass is 32.2. The third-order valence-corrected chi connectivity index (χ3v) is 6.64. The van der Waals surface area contributed by atoms with Crippen molar-refractivity contribution < 1.29 is 17.9 Å². The molecule has 0 aliphatic heterocycles. The molecule has 1 atom stereocenters. The number of rotatable bonds is 10. The molecule has 0 saturated carbocycles. The maximum Gasteiger partial charge on any atom is 0.261 e. The summed E-state index contributed by atoms with van der Waals surface area (Å²) >= 11 is 0. The van der Waals surface area contributed by atoms with Crippen molar-refractivity contribution in [1.82, 2.24) is 5.32 Å². The average molecular weight is 467 g/mol. The van der Waals surface area contributed by atoms with E-state index >= 15 is 0 Å². The molecule has 33 heavy (non-hydrogen) atoms. The van der Waals surface area contributed by atoms with Gasteiger partial charge in [-0.1, -0.05) is 42.5 Å². The predicted octanol–water partition coefficient (Wildman–Crippen LogP) is 4.62. The zero-order chi connectivity index (χ0) is 23.8. The van der Waals surface area contributed by atoms with E-state index in [1.807, 2.05) is 51.1 Å². The fraction of sp³-hybridized carbons (Fsp3) is 0.269. The van der Waals surface area contributed by atoms with Crippen molar-refractivity contribution in [2.24, 2.45) is 0 Å². The van der Waals surface area contributed by atoms with Crippen molar-refractivity contribution in [3.63, 3.8) is 0 Å². The lowest BCUT2D eigenvalue weighted by atomic mass is 10.1. The highest BCUT2D eigenvalue weighted by Gasteiger charge is 2.16. The van der Waals surface area contributed by atoms with Gasteiger partial charge in [0.25, 0.3) is 15.9 Å². The Morgan fingerprint density at radius 1 is 0.970 bits per heavy atom. The predicted molar refractivity (Wildman–Crippen MR) is 131 cm³/mol. The van der Waals surface area contributed by atoms with Crippen molar-refractivity contribution in [1.29, 1.82) is 0 Å². The molecule has 6 nitrogen and oxygen atoms in total. The van der Waals surface area contributed by atoms with Crippen LogP contribution in [0.25, 0.3) is 0 Å². The summed E-state index contributed by atoms with van der Waals surface area (Å²) in [6, 6.07) is 21.8. The third-order valence-electron chi connectivity index (χ3n) is 5.26. The molecule has 174 valence electrons. The summed E-state index contributed by atoms with van der Waals surface area (Å²) < 4.78 is 33.6. The van der Waals surface area contributed by atoms with E-state index in [0.717, 1.165) is 24.0 Å². The Kier molecular flexibility index (Phi) is 8.11. The Hall–Kier alpha value is -3.32. The van der Waals surface area contributed by atoms with Gasteiger partial charge in [0.1, 0.15) is 5.75 Å². The quantitative estimate of drug-likeness (QED) is 0.457. The molecule has 0 fully saturated rings. The van der Waals surface area contributed by atoms with Crippen LogP contribution in [0.15, 0.2) is 77.7 Å². The fourth-order valence-corrected chi connectivity index (χ4v) is 4.45. The number of hydrogen-bond donors (Lipinski definition) is 2. The molecular weight excluding hydrogens is 436 g/mol. The number of carbonyl (C=O) groups excluding carboxylic acids is 1. The smallest absolute Gasteiger partial charge is 0.261 e. The fourth-order valence-electron chi connectivity index (χ4n) is 3.33. The van der Waals surface area contributed by atoms with Gasteiger partial charge in [-0.25, -0.2) is 8.42 Å². The first-order valence-electron chi connectivity index (χ1n) is 10.9. The molecule has 0 radical (unpaired) electrons. The van der Waals surface area contributed by atoms with E-state index in [2.05, 4.69) is 22.2 Å². The summed E-state index contributed by atoms with van der Waals surface area (Å²) in [4.78, 5) is 12.3. The maximum atomic E-state index is 12.7. The minimum Gasteiger partial charge on any atom is -0.484 e. The molecule has 2 N–H and O–H groups in total. The zero-order valence-electron chi connectivity index (χ0n) is 19.2. The van der Waals surface area contributed by atoms with Crippen LogP contribution < -0.4 is 14.8 Å². The molecule has 3 rings (SSSR count). The number of sulfonamides is 1. The Bertz CT molecular complexity index is 1180. The Morgan fingerprint density at radius 2 is 1.67 bits per heavy atom. The van der Waals surface area contributed by atoms with Crippen LogP contribution in [0.4, 0.5) is 5.69 Å². The zero-order valence-corrected chi connectivity index (χ0v) is 20.0. The molecule has 0 aliphatic rings.